The van der Waals surface area contributed by atoms with E-state index in [2.05, 4.69) is 11.8 Å². The number of hydrogen-bond donors (Lipinski definition) is 0. The van der Waals surface area contributed by atoms with Crippen molar-refractivity contribution in [3.63, 3.8) is 0 Å². The van der Waals surface area contributed by atoms with Crippen LogP contribution in [0.5, 0.6) is 5.75 Å². The average Bonchev–Trinajstić information content (AvgIpc) is 2.74. The lowest BCUT2D eigenvalue weighted by atomic mass is 9.91. The minimum absolute atomic E-state index is 0.0247. The maximum absolute atomic E-state index is 13.2. The van der Waals surface area contributed by atoms with Gasteiger partial charge >= 0.3 is 12.4 Å². The van der Waals surface area contributed by atoms with Crippen LogP contribution in [0.2, 0.25) is 0 Å². The van der Waals surface area contributed by atoms with Crippen molar-refractivity contribution in [1.82, 2.24) is 4.90 Å². The molecule has 0 saturated carbocycles. The highest BCUT2D eigenvalue weighted by molar-refractivity contribution is 5.37. The lowest BCUT2D eigenvalue weighted by Gasteiger charge is -2.40. The van der Waals surface area contributed by atoms with Crippen molar-refractivity contribution >= 4 is 0 Å². The molecule has 0 spiro atoms. The van der Waals surface area contributed by atoms with Crippen LogP contribution >= 0.6 is 0 Å². The third-order valence-electron chi connectivity index (χ3n) is 6.11. The largest absolute Gasteiger partial charge is 0.496 e. The molecule has 32 heavy (non-hydrogen) atoms. The van der Waals surface area contributed by atoms with Crippen LogP contribution in [-0.2, 0) is 18.8 Å². The van der Waals surface area contributed by atoms with E-state index in [1.165, 1.54) is 0 Å². The Morgan fingerprint density at radius 1 is 0.969 bits per heavy atom. The normalized spacial score (nSPS) is 19.1. The van der Waals surface area contributed by atoms with E-state index in [0.717, 1.165) is 43.5 Å². The smallest absolute Gasteiger partial charge is 0.416 e. The maximum atomic E-state index is 13.2. The molecule has 0 N–H and O–H groups in total. The Morgan fingerprint density at radius 3 is 2.16 bits per heavy atom. The molecule has 1 heterocycles. The molecule has 0 amide bonds. The summed E-state index contributed by atoms with van der Waals surface area (Å²) in [6, 6.07) is 9.35. The van der Waals surface area contributed by atoms with Gasteiger partial charge in [-0.15, -0.1) is 0 Å². The molecule has 0 bridgehead atoms. The SMILES string of the molecule is COc1ccccc1C(CCc1cc(C(F)(F)F)cc(C(F)(F)F)c1)N1CCCCC1C. The fraction of sp³-hybridized carbons (Fsp3) is 0.500. The molecule has 2 aromatic carbocycles. The van der Waals surface area contributed by atoms with E-state index in [9.17, 15) is 26.3 Å². The van der Waals surface area contributed by atoms with Crippen molar-refractivity contribution in [3.05, 3.63) is 64.7 Å². The van der Waals surface area contributed by atoms with Gasteiger partial charge in [0.25, 0.3) is 0 Å². The van der Waals surface area contributed by atoms with Crippen LogP contribution in [0.15, 0.2) is 42.5 Å². The van der Waals surface area contributed by atoms with Crippen molar-refractivity contribution in [2.24, 2.45) is 0 Å². The molecule has 2 unspecified atom stereocenters. The Hall–Kier alpha value is -2.22. The number of alkyl halides is 6. The van der Waals surface area contributed by atoms with Crippen LogP contribution in [0.4, 0.5) is 26.3 Å². The van der Waals surface area contributed by atoms with Gasteiger partial charge in [0.15, 0.2) is 0 Å². The molecule has 8 heteroatoms. The van der Waals surface area contributed by atoms with Crippen LogP contribution in [0.3, 0.4) is 0 Å². The van der Waals surface area contributed by atoms with Crippen LogP contribution in [0.1, 0.15) is 60.9 Å². The Labute approximate surface area is 184 Å². The molecular weight excluding hydrogens is 432 g/mol. The quantitative estimate of drug-likeness (QED) is 0.421. The molecule has 2 atom stereocenters. The summed E-state index contributed by atoms with van der Waals surface area (Å²) in [5.74, 6) is 0.662. The van der Waals surface area contributed by atoms with E-state index in [1.54, 1.807) is 7.11 Å². The monoisotopic (exact) mass is 459 g/mol. The van der Waals surface area contributed by atoms with Crippen molar-refractivity contribution in [1.29, 1.82) is 0 Å². The van der Waals surface area contributed by atoms with Crippen molar-refractivity contribution in [2.45, 2.75) is 63.5 Å². The van der Waals surface area contributed by atoms with E-state index in [1.807, 2.05) is 24.3 Å². The third-order valence-corrected chi connectivity index (χ3v) is 6.11. The Kier molecular flexibility index (Phi) is 7.43. The number of likely N-dealkylation sites (tertiary alicyclic amines) is 1. The van der Waals surface area contributed by atoms with Crippen molar-refractivity contribution in [3.8, 4) is 5.75 Å². The summed E-state index contributed by atoms with van der Waals surface area (Å²) in [5.41, 5.74) is -1.63. The molecule has 0 radical (unpaired) electrons. The van der Waals surface area contributed by atoms with Gasteiger partial charge in [-0.25, -0.2) is 0 Å². The van der Waals surface area contributed by atoms with Crippen LogP contribution in [0.25, 0.3) is 0 Å². The first-order valence-electron chi connectivity index (χ1n) is 10.7. The minimum Gasteiger partial charge on any atom is -0.496 e. The Bertz CT molecular complexity index is 876. The number of halogens is 6. The Morgan fingerprint density at radius 2 is 1.59 bits per heavy atom. The van der Waals surface area contributed by atoms with Gasteiger partial charge in [-0.05, 0) is 69.0 Å². The van der Waals surface area contributed by atoms with E-state index in [-0.39, 0.29) is 30.1 Å². The number of methoxy groups -OCH3 is 1. The molecule has 176 valence electrons. The van der Waals surface area contributed by atoms with Crippen LogP contribution in [0, 0.1) is 0 Å². The fourth-order valence-corrected chi connectivity index (χ4v) is 4.49. The number of hydrogen-bond acceptors (Lipinski definition) is 2. The second-order valence-electron chi connectivity index (χ2n) is 8.29. The molecular formula is C24H27F6NO. The highest BCUT2D eigenvalue weighted by Gasteiger charge is 2.37. The molecule has 1 aliphatic rings. The molecule has 3 rings (SSSR count). The average molecular weight is 459 g/mol. The van der Waals surface area contributed by atoms with Crippen LogP contribution in [-0.4, -0.2) is 24.6 Å². The van der Waals surface area contributed by atoms with E-state index in [0.29, 0.717) is 12.2 Å². The molecule has 1 fully saturated rings. The van der Waals surface area contributed by atoms with Gasteiger partial charge in [0.1, 0.15) is 5.75 Å². The molecule has 1 saturated heterocycles. The number of para-hydroxylation sites is 1. The summed E-state index contributed by atoms with van der Waals surface area (Å²) in [6.07, 6.45) is -6.15. The lowest BCUT2D eigenvalue weighted by molar-refractivity contribution is -0.143. The molecule has 2 aromatic rings. The first-order chi connectivity index (χ1) is 15.0. The standard InChI is InChI=1S/C24H27F6NO/c1-16-7-5-6-12-31(16)21(20-8-3-4-9-22(20)32-2)11-10-17-13-18(23(25,26)27)15-19(14-17)24(28,29)30/h3-4,8-9,13-16,21H,5-7,10-12H2,1-2H3. The minimum atomic E-state index is -4.85. The van der Waals surface area contributed by atoms with Gasteiger partial charge < -0.3 is 4.74 Å². The summed E-state index contributed by atoms with van der Waals surface area (Å²) < 4.78 is 85.0. The van der Waals surface area contributed by atoms with E-state index >= 15 is 0 Å². The van der Waals surface area contributed by atoms with Gasteiger partial charge in [-0.2, -0.15) is 26.3 Å². The van der Waals surface area contributed by atoms with Gasteiger partial charge in [-0.1, -0.05) is 24.6 Å². The number of benzene rings is 2. The zero-order valence-corrected chi connectivity index (χ0v) is 18.1. The maximum Gasteiger partial charge on any atom is 0.416 e. The number of rotatable bonds is 6. The molecule has 0 aliphatic carbocycles. The second-order valence-corrected chi connectivity index (χ2v) is 8.29. The number of nitrogens with zero attached hydrogens (tertiary/aromatic N) is 1. The van der Waals surface area contributed by atoms with Gasteiger partial charge in [0, 0.05) is 17.6 Å². The Balaban J connectivity index is 1.95. The van der Waals surface area contributed by atoms with Crippen molar-refractivity contribution < 1.29 is 31.1 Å². The summed E-state index contributed by atoms with van der Waals surface area (Å²) in [5, 5.41) is 0. The van der Waals surface area contributed by atoms with Gasteiger partial charge in [0.05, 0.1) is 18.2 Å². The lowest BCUT2D eigenvalue weighted by Crippen LogP contribution is -2.40. The number of ether oxygens (including phenoxy) is 1. The molecule has 2 nitrogen and oxygen atoms in total. The first-order valence-corrected chi connectivity index (χ1v) is 10.7. The topological polar surface area (TPSA) is 12.5 Å². The summed E-state index contributed by atoms with van der Waals surface area (Å²) in [7, 11) is 1.55. The molecule has 0 aromatic heterocycles. The number of aryl methyl sites for hydroxylation is 1. The third kappa shape index (κ3) is 5.77. The summed E-state index contributed by atoms with van der Waals surface area (Å²) in [6.45, 7) is 2.92. The molecule has 1 aliphatic heterocycles. The summed E-state index contributed by atoms with van der Waals surface area (Å²) in [4.78, 5) is 2.29. The zero-order chi connectivity index (χ0) is 23.5. The van der Waals surface area contributed by atoms with Gasteiger partial charge in [0.2, 0.25) is 0 Å². The zero-order valence-electron chi connectivity index (χ0n) is 18.1. The van der Waals surface area contributed by atoms with Crippen LogP contribution < -0.4 is 4.74 Å². The number of piperidine rings is 1. The van der Waals surface area contributed by atoms with E-state index in [4.69, 9.17) is 4.74 Å². The van der Waals surface area contributed by atoms with Gasteiger partial charge in [-0.3, -0.25) is 4.90 Å². The summed E-state index contributed by atoms with van der Waals surface area (Å²) >= 11 is 0. The predicted molar refractivity (Wildman–Crippen MR) is 111 cm³/mol. The predicted octanol–water partition coefficient (Wildman–Crippen LogP) is 7.28. The van der Waals surface area contributed by atoms with E-state index < -0.39 is 23.5 Å². The highest BCUT2D eigenvalue weighted by atomic mass is 19.4. The first kappa shape index (κ1) is 24.4. The fourth-order valence-electron chi connectivity index (χ4n) is 4.49. The highest BCUT2D eigenvalue weighted by Crippen LogP contribution is 2.39. The second kappa shape index (κ2) is 9.73. The van der Waals surface area contributed by atoms with Crippen molar-refractivity contribution in [2.75, 3.05) is 13.7 Å².